The maximum absolute atomic E-state index is 8.13. The minimum atomic E-state index is 0.322. The summed E-state index contributed by atoms with van der Waals surface area (Å²) in [5.74, 6) is 0.627. The first kappa shape index (κ1) is 8.74. The number of nitrogens with zero attached hydrogens (tertiary/aromatic N) is 5. The van der Waals surface area contributed by atoms with E-state index in [0.717, 1.165) is 9.88 Å². The molecule has 0 saturated carbocycles. The van der Waals surface area contributed by atoms with Gasteiger partial charge in [0.1, 0.15) is 0 Å². The smallest absolute Gasteiger partial charge is 0.182 e. The Morgan fingerprint density at radius 1 is 1.57 bits per heavy atom. The lowest BCUT2D eigenvalue weighted by Crippen LogP contribution is -1.67. The second-order valence-electron chi connectivity index (χ2n) is 2.39. The molecule has 0 aliphatic carbocycles. The first-order valence-electron chi connectivity index (χ1n) is 3.74. The number of rotatable bonds is 3. The normalized spacial score (nSPS) is 9.71. The van der Waals surface area contributed by atoms with Gasteiger partial charge in [-0.25, -0.2) is 9.97 Å². The van der Waals surface area contributed by atoms with Crippen molar-refractivity contribution in [3.8, 4) is 10.8 Å². The standard InChI is InChI=1S/C7H5N5OS/c8-12-11-2-5-1-10-7(14-5)6-3-9-4-13-6/h1,3-4H,2H2. The summed E-state index contributed by atoms with van der Waals surface area (Å²) >= 11 is 1.42. The quantitative estimate of drug-likeness (QED) is 0.440. The van der Waals surface area contributed by atoms with E-state index >= 15 is 0 Å². The summed E-state index contributed by atoms with van der Waals surface area (Å²) < 4.78 is 5.07. The minimum Gasteiger partial charge on any atom is -0.441 e. The summed E-state index contributed by atoms with van der Waals surface area (Å²) in [7, 11) is 0. The monoisotopic (exact) mass is 207 g/mol. The SMILES string of the molecule is [N-]=[N+]=NCc1cnc(-c2cnco2)s1. The molecule has 14 heavy (non-hydrogen) atoms. The average Bonchev–Trinajstić information content (AvgIpc) is 2.85. The fraction of sp³-hybridized carbons (Fsp3) is 0.143. The van der Waals surface area contributed by atoms with Gasteiger partial charge in [-0.1, -0.05) is 5.11 Å². The highest BCUT2D eigenvalue weighted by Gasteiger charge is 2.06. The van der Waals surface area contributed by atoms with Crippen LogP contribution in [0, 0.1) is 0 Å². The molecule has 2 aromatic heterocycles. The molecule has 2 heterocycles. The van der Waals surface area contributed by atoms with Crippen LogP contribution in [0.5, 0.6) is 0 Å². The molecule has 0 radical (unpaired) electrons. The van der Waals surface area contributed by atoms with Crippen molar-refractivity contribution in [2.75, 3.05) is 0 Å². The highest BCUT2D eigenvalue weighted by molar-refractivity contribution is 7.14. The van der Waals surface area contributed by atoms with Crippen molar-refractivity contribution in [1.82, 2.24) is 9.97 Å². The summed E-state index contributed by atoms with van der Waals surface area (Å²) in [5, 5.41) is 4.18. The van der Waals surface area contributed by atoms with E-state index < -0.39 is 0 Å². The summed E-state index contributed by atoms with van der Waals surface area (Å²) in [6.45, 7) is 0.322. The Hall–Kier alpha value is -1.85. The molecule has 0 atom stereocenters. The van der Waals surface area contributed by atoms with Gasteiger partial charge in [0.15, 0.2) is 17.2 Å². The van der Waals surface area contributed by atoms with Gasteiger partial charge < -0.3 is 4.42 Å². The Labute approximate surface area is 82.9 Å². The summed E-state index contributed by atoms with van der Waals surface area (Å²) in [5.41, 5.74) is 8.13. The fourth-order valence-electron chi connectivity index (χ4n) is 0.917. The van der Waals surface area contributed by atoms with Crippen LogP contribution in [0.15, 0.2) is 28.3 Å². The second-order valence-corrected chi connectivity index (χ2v) is 3.50. The van der Waals surface area contributed by atoms with Gasteiger partial charge in [0.2, 0.25) is 0 Å². The van der Waals surface area contributed by atoms with E-state index in [-0.39, 0.29) is 0 Å². The van der Waals surface area contributed by atoms with Crippen molar-refractivity contribution in [3.63, 3.8) is 0 Å². The molecule has 0 aromatic carbocycles. The van der Waals surface area contributed by atoms with Gasteiger partial charge in [-0.05, 0) is 5.53 Å². The Balaban J connectivity index is 2.22. The molecule has 0 N–H and O–H groups in total. The number of thiazole rings is 1. The fourth-order valence-corrected chi connectivity index (χ4v) is 1.70. The molecule has 6 nitrogen and oxygen atoms in total. The van der Waals surface area contributed by atoms with E-state index in [1.165, 1.54) is 17.7 Å². The molecule has 0 aliphatic heterocycles. The summed E-state index contributed by atoms with van der Waals surface area (Å²) in [6.07, 6.45) is 4.61. The number of oxazole rings is 1. The third-order valence-electron chi connectivity index (χ3n) is 1.49. The lowest BCUT2D eigenvalue weighted by Gasteiger charge is -1.84. The molecule has 0 amide bonds. The maximum Gasteiger partial charge on any atom is 0.182 e. The van der Waals surface area contributed by atoms with Crippen LogP contribution in [-0.4, -0.2) is 9.97 Å². The van der Waals surface area contributed by atoms with Crippen molar-refractivity contribution in [3.05, 3.63) is 34.1 Å². The Morgan fingerprint density at radius 3 is 3.21 bits per heavy atom. The summed E-state index contributed by atoms with van der Waals surface area (Å²) in [4.78, 5) is 11.5. The van der Waals surface area contributed by atoms with Crippen LogP contribution in [0.3, 0.4) is 0 Å². The molecule has 2 rings (SSSR count). The third kappa shape index (κ3) is 1.73. The van der Waals surface area contributed by atoms with Gasteiger partial charge in [-0.2, -0.15) is 0 Å². The van der Waals surface area contributed by atoms with Gasteiger partial charge in [0, 0.05) is 16.0 Å². The zero-order chi connectivity index (χ0) is 9.80. The van der Waals surface area contributed by atoms with E-state index in [1.54, 1.807) is 12.4 Å². The first-order chi connectivity index (χ1) is 6.90. The van der Waals surface area contributed by atoms with E-state index in [0.29, 0.717) is 12.3 Å². The van der Waals surface area contributed by atoms with E-state index in [1.807, 2.05) is 0 Å². The Morgan fingerprint density at radius 2 is 2.50 bits per heavy atom. The van der Waals surface area contributed by atoms with Gasteiger partial charge in [-0.15, -0.1) is 11.3 Å². The van der Waals surface area contributed by atoms with Gasteiger partial charge in [0.25, 0.3) is 0 Å². The molecule has 2 aromatic rings. The maximum atomic E-state index is 8.13. The van der Waals surface area contributed by atoms with E-state index in [4.69, 9.17) is 9.95 Å². The van der Waals surface area contributed by atoms with Gasteiger partial charge in [-0.3, -0.25) is 0 Å². The van der Waals surface area contributed by atoms with Crippen molar-refractivity contribution in [1.29, 1.82) is 0 Å². The van der Waals surface area contributed by atoms with Crippen LogP contribution in [0.1, 0.15) is 4.88 Å². The topological polar surface area (TPSA) is 87.7 Å². The first-order valence-corrected chi connectivity index (χ1v) is 4.56. The number of aromatic nitrogens is 2. The van der Waals surface area contributed by atoms with E-state index in [2.05, 4.69) is 20.0 Å². The largest absolute Gasteiger partial charge is 0.441 e. The van der Waals surface area contributed by atoms with Crippen LogP contribution < -0.4 is 0 Å². The predicted octanol–water partition coefficient (Wildman–Crippen LogP) is 2.61. The van der Waals surface area contributed by atoms with Gasteiger partial charge >= 0.3 is 0 Å². The van der Waals surface area contributed by atoms with Crippen molar-refractivity contribution in [2.45, 2.75) is 6.54 Å². The highest BCUT2D eigenvalue weighted by Crippen LogP contribution is 2.24. The third-order valence-corrected chi connectivity index (χ3v) is 2.48. The van der Waals surface area contributed by atoms with Crippen LogP contribution >= 0.6 is 11.3 Å². The van der Waals surface area contributed by atoms with Crippen molar-refractivity contribution >= 4 is 11.3 Å². The minimum absolute atomic E-state index is 0.322. The zero-order valence-electron chi connectivity index (χ0n) is 6.99. The molecular weight excluding hydrogens is 202 g/mol. The molecular formula is C7H5N5OS. The highest BCUT2D eigenvalue weighted by atomic mass is 32.1. The molecule has 70 valence electrons. The lowest BCUT2D eigenvalue weighted by atomic mass is 10.5. The molecule has 0 fully saturated rings. The Bertz CT molecular complexity index is 456. The molecule has 0 unspecified atom stereocenters. The molecule has 0 saturated heterocycles. The summed E-state index contributed by atoms with van der Waals surface area (Å²) in [6, 6.07) is 0. The second kappa shape index (κ2) is 3.91. The van der Waals surface area contributed by atoms with Crippen LogP contribution in [0.4, 0.5) is 0 Å². The lowest BCUT2D eigenvalue weighted by molar-refractivity contribution is 0.571. The molecule has 7 heteroatoms. The molecule has 0 aliphatic rings. The van der Waals surface area contributed by atoms with Gasteiger partial charge in [0.05, 0.1) is 12.7 Å². The van der Waals surface area contributed by atoms with Crippen molar-refractivity contribution < 1.29 is 4.42 Å². The molecule has 0 bridgehead atoms. The van der Waals surface area contributed by atoms with Crippen LogP contribution in [0.25, 0.3) is 21.2 Å². The van der Waals surface area contributed by atoms with Crippen LogP contribution in [-0.2, 0) is 6.54 Å². The van der Waals surface area contributed by atoms with Crippen LogP contribution in [0.2, 0.25) is 0 Å². The number of hydrogen-bond donors (Lipinski definition) is 0. The number of hydrogen-bond acceptors (Lipinski definition) is 5. The zero-order valence-corrected chi connectivity index (χ0v) is 7.81. The molecule has 0 spiro atoms. The predicted molar refractivity (Wildman–Crippen MR) is 50.5 cm³/mol. The average molecular weight is 207 g/mol. The number of azide groups is 1. The van der Waals surface area contributed by atoms with E-state index in [9.17, 15) is 0 Å². The Kier molecular flexibility index (Phi) is 2.44. The van der Waals surface area contributed by atoms with Crippen molar-refractivity contribution in [2.24, 2.45) is 5.11 Å².